The zero-order valence-corrected chi connectivity index (χ0v) is 11.6. The lowest BCUT2D eigenvalue weighted by Gasteiger charge is -2.14. The van der Waals surface area contributed by atoms with Crippen molar-refractivity contribution in [2.45, 2.75) is 25.4 Å². The van der Waals surface area contributed by atoms with Crippen LogP contribution in [0.25, 0.3) is 0 Å². The van der Waals surface area contributed by atoms with Gasteiger partial charge < -0.3 is 5.11 Å². The lowest BCUT2D eigenvalue weighted by molar-refractivity contribution is 0.147. The van der Waals surface area contributed by atoms with Crippen LogP contribution in [0, 0.1) is 5.92 Å². The molecule has 0 spiro atoms. The van der Waals surface area contributed by atoms with Crippen LogP contribution in [0.2, 0.25) is 5.02 Å². The van der Waals surface area contributed by atoms with Crippen molar-refractivity contribution >= 4 is 21.4 Å². The van der Waals surface area contributed by atoms with Gasteiger partial charge in [0.05, 0.1) is 17.6 Å². The maximum absolute atomic E-state index is 11.3. The average molecular weight is 289 g/mol. The predicted molar refractivity (Wildman–Crippen MR) is 72.5 cm³/mol. The van der Waals surface area contributed by atoms with Crippen molar-refractivity contribution in [2.75, 3.05) is 11.5 Å². The zero-order valence-electron chi connectivity index (χ0n) is 10.0. The van der Waals surface area contributed by atoms with Crippen molar-refractivity contribution in [3.8, 4) is 0 Å². The molecule has 1 aliphatic heterocycles. The van der Waals surface area contributed by atoms with E-state index in [1.54, 1.807) is 12.1 Å². The number of hydrogen-bond donors (Lipinski definition) is 1. The van der Waals surface area contributed by atoms with Gasteiger partial charge in [0, 0.05) is 5.02 Å². The largest absolute Gasteiger partial charge is 0.393 e. The fraction of sp³-hybridized carbons (Fsp3) is 0.538. The van der Waals surface area contributed by atoms with E-state index >= 15 is 0 Å². The Morgan fingerprint density at radius 3 is 2.56 bits per heavy atom. The summed E-state index contributed by atoms with van der Waals surface area (Å²) in [5, 5.41) is 10.7. The van der Waals surface area contributed by atoms with E-state index in [0.717, 1.165) is 5.56 Å². The molecular formula is C13H17ClO3S. The van der Waals surface area contributed by atoms with Crippen molar-refractivity contribution in [3.05, 3.63) is 34.9 Å². The summed E-state index contributed by atoms with van der Waals surface area (Å²) in [6, 6.07) is 7.36. The summed E-state index contributed by atoms with van der Waals surface area (Å²) < 4.78 is 22.6. The summed E-state index contributed by atoms with van der Waals surface area (Å²) in [5.74, 6) is 0.605. The Morgan fingerprint density at radius 2 is 2.00 bits per heavy atom. The molecule has 2 atom stereocenters. The van der Waals surface area contributed by atoms with E-state index < -0.39 is 15.9 Å². The molecule has 1 saturated heterocycles. The Hall–Kier alpha value is -0.580. The van der Waals surface area contributed by atoms with E-state index in [0.29, 0.717) is 24.3 Å². The van der Waals surface area contributed by atoms with Crippen LogP contribution < -0.4 is 0 Å². The standard InChI is InChI=1S/C13H17ClO3S/c14-12-3-1-10(2-4-12)7-13(15)8-11-5-6-18(16,17)9-11/h1-4,11,13,15H,5-9H2. The smallest absolute Gasteiger partial charge is 0.150 e. The van der Waals surface area contributed by atoms with Gasteiger partial charge in [-0.3, -0.25) is 0 Å². The highest BCUT2D eigenvalue weighted by Gasteiger charge is 2.29. The van der Waals surface area contributed by atoms with Gasteiger partial charge in [-0.2, -0.15) is 0 Å². The quantitative estimate of drug-likeness (QED) is 0.923. The van der Waals surface area contributed by atoms with E-state index in [9.17, 15) is 13.5 Å². The third-order valence-corrected chi connectivity index (χ3v) is 5.41. The maximum Gasteiger partial charge on any atom is 0.150 e. The molecule has 2 rings (SSSR count). The summed E-state index contributed by atoms with van der Waals surface area (Å²) in [5.41, 5.74) is 1.02. The van der Waals surface area contributed by atoms with Gasteiger partial charge in [-0.25, -0.2) is 8.42 Å². The van der Waals surface area contributed by atoms with Crippen LogP contribution >= 0.6 is 11.6 Å². The number of sulfone groups is 1. The van der Waals surface area contributed by atoms with Crippen LogP contribution in [0.15, 0.2) is 24.3 Å². The molecule has 3 nitrogen and oxygen atoms in total. The van der Waals surface area contributed by atoms with Gasteiger partial charge >= 0.3 is 0 Å². The normalized spacial score (nSPS) is 24.0. The van der Waals surface area contributed by atoms with Gasteiger partial charge in [0.25, 0.3) is 0 Å². The lowest BCUT2D eigenvalue weighted by atomic mass is 9.97. The minimum absolute atomic E-state index is 0.109. The Morgan fingerprint density at radius 1 is 1.33 bits per heavy atom. The topological polar surface area (TPSA) is 54.4 Å². The van der Waals surface area contributed by atoms with E-state index in [-0.39, 0.29) is 17.4 Å². The van der Waals surface area contributed by atoms with E-state index in [4.69, 9.17) is 11.6 Å². The summed E-state index contributed by atoms with van der Waals surface area (Å²) in [7, 11) is -2.85. The van der Waals surface area contributed by atoms with Crippen LogP contribution in [0.1, 0.15) is 18.4 Å². The molecule has 2 unspecified atom stereocenters. The molecule has 1 heterocycles. The first-order valence-corrected chi connectivity index (χ1v) is 8.27. The first kappa shape index (κ1) is 13.8. The van der Waals surface area contributed by atoms with Crippen LogP contribution in [-0.4, -0.2) is 31.1 Å². The van der Waals surface area contributed by atoms with Gasteiger partial charge in [-0.15, -0.1) is 0 Å². The second-order valence-corrected chi connectivity index (χ2v) is 7.65. The lowest BCUT2D eigenvalue weighted by Crippen LogP contribution is -2.17. The molecule has 0 bridgehead atoms. The van der Waals surface area contributed by atoms with Crippen LogP contribution in [0.3, 0.4) is 0 Å². The molecule has 18 heavy (non-hydrogen) atoms. The molecule has 1 N–H and O–H groups in total. The minimum Gasteiger partial charge on any atom is -0.393 e. The molecule has 5 heteroatoms. The molecule has 0 saturated carbocycles. The molecule has 0 aliphatic carbocycles. The van der Waals surface area contributed by atoms with Gasteiger partial charge in [0.1, 0.15) is 0 Å². The van der Waals surface area contributed by atoms with Crippen molar-refractivity contribution in [1.29, 1.82) is 0 Å². The van der Waals surface area contributed by atoms with Crippen molar-refractivity contribution in [2.24, 2.45) is 5.92 Å². The summed E-state index contributed by atoms with van der Waals surface area (Å²) >= 11 is 5.79. The maximum atomic E-state index is 11.3. The summed E-state index contributed by atoms with van der Waals surface area (Å²) in [4.78, 5) is 0. The number of aliphatic hydroxyl groups is 1. The van der Waals surface area contributed by atoms with Crippen LogP contribution in [0.5, 0.6) is 0 Å². The summed E-state index contributed by atoms with van der Waals surface area (Å²) in [6.45, 7) is 0. The first-order chi connectivity index (χ1) is 8.44. The molecule has 1 aliphatic rings. The Kier molecular flexibility index (Phi) is 4.30. The van der Waals surface area contributed by atoms with Crippen molar-refractivity contribution in [3.63, 3.8) is 0 Å². The Balaban J connectivity index is 1.86. The number of halogens is 1. The monoisotopic (exact) mass is 288 g/mol. The second kappa shape index (κ2) is 5.59. The molecule has 100 valence electrons. The number of benzene rings is 1. The zero-order chi connectivity index (χ0) is 13.2. The fourth-order valence-electron chi connectivity index (χ4n) is 2.42. The molecule has 0 radical (unpaired) electrons. The van der Waals surface area contributed by atoms with E-state index in [2.05, 4.69) is 0 Å². The molecular weight excluding hydrogens is 272 g/mol. The van der Waals surface area contributed by atoms with Gasteiger partial charge in [-0.1, -0.05) is 23.7 Å². The molecule has 0 amide bonds. The highest BCUT2D eigenvalue weighted by atomic mass is 35.5. The molecule has 1 aromatic rings. The fourth-order valence-corrected chi connectivity index (χ4v) is 4.42. The number of hydrogen-bond acceptors (Lipinski definition) is 3. The van der Waals surface area contributed by atoms with Crippen LogP contribution in [0.4, 0.5) is 0 Å². The highest BCUT2D eigenvalue weighted by molar-refractivity contribution is 7.91. The Bertz CT molecular complexity index is 495. The number of rotatable bonds is 4. The van der Waals surface area contributed by atoms with Gasteiger partial charge in [0.2, 0.25) is 0 Å². The van der Waals surface area contributed by atoms with Gasteiger partial charge in [-0.05, 0) is 42.9 Å². The first-order valence-electron chi connectivity index (χ1n) is 6.07. The van der Waals surface area contributed by atoms with Crippen molar-refractivity contribution in [1.82, 2.24) is 0 Å². The molecule has 1 fully saturated rings. The van der Waals surface area contributed by atoms with Crippen molar-refractivity contribution < 1.29 is 13.5 Å². The van der Waals surface area contributed by atoms with E-state index in [1.165, 1.54) is 0 Å². The van der Waals surface area contributed by atoms with Gasteiger partial charge in [0.15, 0.2) is 9.84 Å². The molecule has 1 aromatic carbocycles. The van der Waals surface area contributed by atoms with Crippen LogP contribution in [-0.2, 0) is 16.3 Å². The Labute approximate surface area is 113 Å². The number of aliphatic hydroxyl groups excluding tert-OH is 1. The minimum atomic E-state index is -2.85. The second-order valence-electron chi connectivity index (χ2n) is 4.99. The molecule has 0 aromatic heterocycles. The predicted octanol–water partition coefficient (Wildman–Crippen LogP) is 2.07. The SMILES string of the molecule is O=S1(=O)CCC(CC(O)Cc2ccc(Cl)cc2)C1. The third kappa shape index (κ3) is 3.97. The summed E-state index contributed by atoms with van der Waals surface area (Å²) in [6.07, 6.45) is 1.31. The third-order valence-electron chi connectivity index (χ3n) is 3.32. The average Bonchev–Trinajstić information content (AvgIpc) is 2.61. The van der Waals surface area contributed by atoms with E-state index in [1.807, 2.05) is 12.1 Å². The highest BCUT2D eigenvalue weighted by Crippen LogP contribution is 2.24.